The zero-order valence-electron chi connectivity index (χ0n) is 56.6. The van der Waals surface area contributed by atoms with Crippen LogP contribution in [0.4, 0.5) is 0 Å². The van der Waals surface area contributed by atoms with Crippen LogP contribution in [-0.2, 0) is 52.0 Å². The van der Waals surface area contributed by atoms with Gasteiger partial charge in [-0.1, -0.05) is 259 Å². The minimum Gasteiger partial charge on any atom is -0.457 e. The maximum Gasteiger partial charge on any atom is 0.470 e. The van der Waals surface area contributed by atoms with Gasteiger partial charge in [-0.25, -0.2) is 4.57 Å². The summed E-state index contributed by atoms with van der Waals surface area (Å²) in [6.45, 7) is 6.87. The quantitative estimate of drug-likeness (QED) is 0.0153. The molecule has 0 spiro atoms. The fraction of sp³-hybridized carbons (Fsp3) is 0.941. The van der Waals surface area contributed by atoms with Crippen LogP contribution < -0.4 is 10.6 Å². The van der Waals surface area contributed by atoms with Gasteiger partial charge in [-0.05, 0) is 25.7 Å². The summed E-state index contributed by atoms with van der Waals surface area (Å²) < 4.78 is 47.4. The molecule has 2 amide bonds. The van der Waals surface area contributed by atoms with Crippen LogP contribution in [0.15, 0.2) is 0 Å². The Kier molecular flexibility index (Phi) is 49.1. The summed E-state index contributed by atoms with van der Waals surface area (Å²) in [6.07, 6.45) is 17.4. The normalized spacial score (nSPS) is 23.3. The second kappa shape index (κ2) is 52.7. The largest absolute Gasteiger partial charge is 0.470 e. The molecule has 0 aliphatic carbocycles. The van der Waals surface area contributed by atoms with Crippen molar-refractivity contribution in [1.29, 1.82) is 0 Å². The van der Waals surface area contributed by atoms with Gasteiger partial charge in [-0.3, -0.25) is 23.7 Å². The van der Waals surface area contributed by atoms with E-state index in [1.165, 1.54) is 77.0 Å². The molecule has 536 valence electrons. The van der Waals surface area contributed by atoms with Crippen molar-refractivity contribution in [3.8, 4) is 0 Å². The molecule has 2 aliphatic rings. The van der Waals surface area contributed by atoms with Crippen molar-refractivity contribution in [2.24, 2.45) is 0 Å². The number of phosphoric ester groups is 1. The molecule has 0 radical (unpaired) electrons. The monoisotopic (exact) mass is 1320 g/mol. The van der Waals surface area contributed by atoms with Crippen molar-refractivity contribution in [2.45, 2.75) is 396 Å². The number of rotatable bonds is 58. The molecule has 91 heavy (non-hydrogen) atoms. The minimum atomic E-state index is -5.50. The second-order valence-electron chi connectivity index (χ2n) is 26.2. The summed E-state index contributed by atoms with van der Waals surface area (Å²) in [7, 11) is -5.50. The van der Waals surface area contributed by atoms with Gasteiger partial charge in [0.05, 0.1) is 63.3 Å². The SMILES string of the molecule is CCCCCCCCCCCC(O)CC(=O)NC1[C@H](O)OC(CO[C@@H]2OC(CO)[C@@H](OP(=O)(O)O)[C@H](OC(=O)CC(O)CCCCCCCCCCC)C2NC(=O)CC(O)CCCCCCCCCCC)[C@@H](O)[C@@H]1OC(=O)CC(O)CCCCCCCCCCC. The third-order valence-electron chi connectivity index (χ3n) is 17.6. The molecule has 14 atom stereocenters. The van der Waals surface area contributed by atoms with Crippen molar-refractivity contribution >= 4 is 31.6 Å². The maximum atomic E-state index is 14.0. The average Bonchev–Trinajstić information content (AvgIpc) is 0.855. The molecule has 2 fully saturated rings. The summed E-state index contributed by atoms with van der Waals surface area (Å²) in [5.74, 6) is -3.59. The van der Waals surface area contributed by atoms with Gasteiger partial charge in [0.2, 0.25) is 11.8 Å². The maximum absolute atomic E-state index is 14.0. The smallest absolute Gasteiger partial charge is 0.457 e. The van der Waals surface area contributed by atoms with Crippen LogP contribution in [0.3, 0.4) is 0 Å². The number of esters is 2. The topological polar surface area (TPSA) is 347 Å². The molecule has 8 unspecified atom stereocenters. The summed E-state index contributed by atoms with van der Waals surface area (Å²) in [4.78, 5) is 75.4. The van der Waals surface area contributed by atoms with Crippen LogP contribution in [-0.4, -0.2) is 168 Å². The van der Waals surface area contributed by atoms with Crippen molar-refractivity contribution in [1.82, 2.24) is 10.6 Å². The van der Waals surface area contributed by atoms with E-state index in [0.29, 0.717) is 38.5 Å². The number of aliphatic hydroxyl groups excluding tert-OH is 7. The number of ether oxygens (including phenoxy) is 5. The van der Waals surface area contributed by atoms with Gasteiger partial charge in [-0.2, -0.15) is 0 Å². The van der Waals surface area contributed by atoms with Gasteiger partial charge >= 0.3 is 19.8 Å². The predicted molar refractivity (Wildman–Crippen MR) is 349 cm³/mol. The van der Waals surface area contributed by atoms with Gasteiger partial charge in [0.15, 0.2) is 24.8 Å². The van der Waals surface area contributed by atoms with Crippen molar-refractivity contribution in [2.75, 3.05) is 13.2 Å². The highest BCUT2D eigenvalue weighted by Crippen LogP contribution is 2.42. The highest BCUT2D eigenvalue weighted by molar-refractivity contribution is 7.46. The molecule has 11 N–H and O–H groups in total. The number of aliphatic hydroxyl groups is 7. The summed E-state index contributed by atoms with van der Waals surface area (Å²) in [5, 5.41) is 83.5. The van der Waals surface area contributed by atoms with Gasteiger partial charge in [-0.15, -0.1) is 0 Å². The molecule has 0 aromatic carbocycles. The minimum absolute atomic E-state index is 0.237. The van der Waals surface area contributed by atoms with E-state index in [1.807, 2.05) is 0 Å². The lowest BCUT2D eigenvalue weighted by molar-refractivity contribution is -0.298. The molecule has 0 saturated carbocycles. The van der Waals surface area contributed by atoms with Crippen LogP contribution in [0.5, 0.6) is 0 Å². The fourth-order valence-corrected chi connectivity index (χ4v) is 12.8. The molecule has 2 saturated heterocycles. The van der Waals surface area contributed by atoms with E-state index in [9.17, 15) is 69.3 Å². The standard InChI is InChI=1S/C68H129N2O20P/c1-5-9-13-17-21-25-29-33-37-41-51(72)45-57(76)69-61-65(88-59(78)47-53(74)43-39-35-31-27-23-19-15-11-7-3)63(80)56(86-67(61)81)50-85-68-62(70-58(77)46-52(73)42-38-34-30-26-22-18-14-10-6-2)66(64(55(49-71)87-68)90-91(82,83)84)89-60(79)48-54(75)44-40-36-32-28-24-20-16-12-8-4/h51-56,61-68,71-75,80-81H,5-50H2,1-4H3,(H,69,76)(H,70,77)(H2,82,83,84)/t51?,52?,53?,54?,55?,56?,61?,62?,63-,64-,65-,66-,67-,68-/m1/s1. The third kappa shape index (κ3) is 40.7. The van der Waals surface area contributed by atoms with Crippen LogP contribution >= 0.6 is 7.82 Å². The van der Waals surface area contributed by atoms with Crippen molar-refractivity contribution in [3.63, 3.8) is 0 Å². The highest BCUT2D eigenvalue weighted by Gasteiger charge is 2.54. The number of nitrogens with one attached hydrogen (secondary N) is 2. The first kappa shape index (κ1) is 84.7. The Bertz CT molecular complexity index is 1890. The number of hydrogen-bond acceptors (Lipinski definition) is 18. The van der Waals surface area contributed by atoms with Crippen LogP contribution in [0.2, 0.25) is 0 Å². The molecule has 0 bridgehead atoms. The first-order chi connectivity index (χ1) is 43.8. The lowest BCUT2D eigenvalue weighted by Crippen LogP contribution is -2.68. The lowest BCUT2D eigenvalue weighted by atomic mass is 9.95. The van der Waals surface area contributed by atoms with Crippen molar-refractivity contribution in [3.05, 3.63) is 0 Å². The first-order valence-corrected chi connectivity index (χ1v) is 37.6. The Labute approximate surface area is 546 Å². The zero-order valence-corrected chi connectivity index (χ0v) is 57.5. The Hall–Kier alpha value is -2.41. The summed E-state index contributed by atoms with van der Waals surface area (Å²) >= 11 is 0. The predicted octanol–water partition coefficient (Wildman–Crippen LogP) is 10.8. The van der Waals surface area contributed by atoms with E-state index in [4.69, 9.17) is 28.2 Å². The molecule has 2 heterocycles. The number of amides is 2. The van der Waals surface area contributed by atoms with E-state index >= 15 is 0 Å². The van der Waals surface area contributed by atoms with E-state index < -0.39 is 150 Å². The molecule has 0 aromatic rings. The molecule has 0 aromatic heterocycles. The van der Waals surface area contributed by atoms with E-state index in [2.05, 4.69) is 38.3 Å². The Balaban J connectivity index is 2.41. The van der Waals surface area contributed by atoms with E-state index in [0.717, 1.165) is 128 Å². The van der Waals surface area contributed by atoms with E-state index in [-0.39, 0.29) is 19.3 Å². The highest BCUT2D eigenvalue weighted by atomic mass is 31.2. The summed E-state index contributed by atoms with van der Waals surface area (Å²) in [6, 6.07) is -3.36. The van der Waals surface area contributed by atoms with Gasteiger partial charge in [0.25, 0.3) is 0 Å². The molecular weight excluding hydrogens is 1200 g/mol. The molecule has 22 nitrogen and oxygen atoms in total. The van der Waals surface area contributed by atoms with Crippen LogP contribution in [0, 0.1) is 0 Å². The molecular formula is C68H129N2O20P. The molecule has 2 aliphatic heterocycles. The van der Waals surface area contributed by atoms with Gasteiger partial charge in [0, 0.05) is 0 Å². The van der Waals surface area contributed by atoms with Crippen LogP contribution in [0.1, 0.15) is 310 Å². The van der Waals surface area contributed by atoms with Crippen molar-refractivity contribution < 1.29 is 97.5 Å². The fourth-order valence-electron chi connectivity index (χ4n) is 12.2. The average molecular weight is 1330 g/mol. The first-order valence-electron chi connectivity index (χ1n) is 36.1. The number of carbonyl (C=O) groups is 4. The van der Waals surface area contributed by atoms with Gasteiger partial charge in [0.1, 0.15) is 36.5 Å². The number of carbonyl (C=O) groups excluding carboxylic acids is 4. The number of phosphoric acid groups is 1. The van der Waals surface area contributed by atoms with Crippen LogP contribution in [0.25, 0.3) is 0 Å². The molecule has 2 rings (SSSR count). The molecule has 23 heteroatoms. The number of unbranched alkanes of at least 4 members (excludes halogenated alkanes) is 32. The van der Waals surface area contributed by atoms with Gasteiger partial charge < -0.3 is 79.9 Å². The Morgan fingerprint density at radius 1 is 0.429 bits per heavy atom. The second-order valence-corrected chi connectivity index (χ2v) is 27.4. The third-order valence-corrected chi connectivity index (χ3v) is 18.1. The zero-order chi connectivity index (χ0) is 67.1. The lowest BCUT2D eigenvalue weighted by Gasteiger charge is -2.46. The number of hydrogen-bond donors (Lipinski definition) is 11. The Morgan fingerprint density at radius 3 is 1.09 bits per heavy atom. The summed E-state index contributed by atoms with van der Waals surface area (Å²) in [5.41, 5.74) is 0. The van der Waals surface area contributed by atoms with E-state index in [1.54, 1.807) is 0 Å². The Morgan fingerprint density at radius 2 is 0.747 bits per heavy atom.